The Labute approximate surface area is 114 Å². The van der Waals surface area contributed by atoms with E-state index in [9.17, 15) is 8.42 Å². The van der Waals surface area contributed by atoms with Crippen LogP contribution in [0.15, 0.2) is 23.4 Å². The number of likely N-dealkylation sites (tertiary alicyclic amines) is 1. The van der Waals surface area contributed by atoms with Crippen molar-refractivity contribution in [2.24, 2.45) is 0 Å². The lowest BCUT2D eigenvalue weighted by atomic mass is 10.1. The summed E-state index contributed by atoms with van der Waals surface area (Å²) in [6, 6.07) is 3.36. The molecule has 0 saturated carbocycles. The van der Waals surface area contributed by atoms with E-state index in [2.05, 4.69) is 19.9 Å². The molecule has 0 aliphatic carbocycles. The third-order valence-corrected chi connectivity index (χ3v) is 4.72. The van der Waals surface area contributed by atoms with Gasteiger partial charge in [0.05, 0.1) is 5.69 Å². The van der Waals surface area contributed by atoms with Crippen molar-refractivity contribution in [1.82, 2.24) is 14.6 Å². The van der Waals surface area contributed by atoms with E-state index in [4.69, 9.17) is 0 Å². The maximum Gasteiger partial charge on any atom is 0.260 e. The normalized spacial score (nSPS) is 21.3. The summed E-state index contributed by atoms with van der Waals surface area (Å²) in [5.41, 5.74) is 0.513. The van der Waals surface area contributed by atoms with Gasteiger partial charge in [-0.1, -0.05) is 0 Å². The zero-order valence-corrected chi connectivity index (χ0v) is 12.1. The first-order valence-corrected chi connectivity index (χ1v) is 7.85. The summed E-state index contributed by atoms with van der Waals surface area (Å²) in [4.78, 5) is 6.11. The molecular formula is C12H20N4O2S. The van der Waals surface area contributed by atoms with Crippen molar-refractivity contribution >= 4 is 15.7 Å². The SMILES string of the molecule is CNc1cccnc1S(=O)(=O)NC1CCCN(C)C1. The Morgan fingerprint density at radius 3 is 2.95 bits per heavy atom. The van der Waals surface area contributed by atoms with Gasteiger partial charge >= 0.3 is 0 Å². The van der Waals surface area contributed by atoms with E-state index in [-0.39, 0.29) is 11.1 Å². The van der Waals surface area contributed by atoms with E-state index in [1.165, 1.54) is 6.20 Å². The quantitative estimate of drug-likeness (QED) is 0.842. The molecule has 1 atom stereocenters. The molecule has 2 heterocycles. The van der Waals surface area contributed by atoms with E-state index in [1.54, 1.807) is 19.2 Å². The van der Waals surface area contributed by atoms with Crippen molar-refractivity contribution in [2.75, 3.05) is 32.5 Å². The van der Waals surface area contributed by atoms with Crippen LogP contribution < -0.4 is 10.0 Å². The number of pyridine rings is 1. The van der Waals surface area contributed by atoms with Gasteiger partial charge in [0.1, 0.15) is 0 Å². The number of nitrogens with one attached hydrogen (secondary N) is 2. The second-order valence-corrected chi connectivity index (χ2v) is 6.46. The second-order valence-electron chi connectivity index (χ2n) is 4.83. The fraction of sp³-hybridized carbons (Fsp3) is 0.583. The molecule has 19 heavy (non-hydrogen) atoms. The predicted octanol–water partition coefficient (Wildman–Crippen LogP) is 0.496. The lowest BCUT2D eigenvalue weighted by Gasteiger charge is -2.29. The van der Waals surface area contributed by atoms with Gasteiger partial charge in [-0.2, -0.15) is 0 Å². The molecule has 7 heteroatoms. The summed E-state index contributed by atoms with van der Waals surface area (Å²) >= 11 is 0. The molecule has 1 unspecified atom stereocenters. The molecule has 6 nitrogen and oxygen atoms in total. The summed E-state index contributed by atoms with van der Waals surface area (Å²) in [6.07, 6.45) is 3.36. The number of likely N-dealkylation sites (N-methyl/N-ethyl adjacent to an activating group) is 1. The van der Waals surface area contributed by atoms with E-state index in [0.29, 0.717) is 5.69 Å². The van der Waals surface area contributed by atoms with Gasteiger partial charge in [0.15, 0.2) is 5.03 Å². The number of anilines is 1. The molecule has 1 aromatic heterocycles. The highest BCUT2D eigenvalue weighted by molar-refractivity contribution is 7.89. The van der Waals surface area contributed by atoms with Crippen molar-refractivity contribution in [1.29, 1.82) is 0 Å². The zero-order chi connectivity index (χ0) is 13.9. The molecule has 1 saturated heterocycles. The number of aromatic nitrogens is 1. The van der Waals surface area contributed by atoms with E-state index in [0.717, 1.165) is 25.9 Å². The predicted molar refractivity (Wildman–Crippen MR) is 74.6 cm³/mol. The van der Waals surface area contributed by atoms with Crippen LogP contribution in [0.25, 0.3) is 0 Å². The molecule has 2 N–H and O–H groups in total. The van der Waals surface area contributed by atoms with Gasteiger partial charge in [-0.3, -0.25) is 0 Å². The summed E-state index contributed by atoms with van der Waals surface area (Å²) in [5.74, 6) is 0. The van der Waals surface area contributed by atoms with E-state index < -0.39 is 10.0 Å². The van der Waals surface area contributed by atoms with Gasteiger partial charge in [-0.15, -0.1) is 0 Å². The largest absolute Gasteiger partial charge is 0.386 e. The number of sulfonamides is 1. The fourth-order valence-electron chi connectivity index (χ4n) is 2.33. The van der Waals surface area contributed by atoms with Gasteiger partial charge in [0, 0.05) is 25.8 Å². The molecule has 0 spiro atoms. The highest BCUT2D eigenvalue weighted by Crippen LogP contribution is 2.18. The maximum absolute atomic E-state index is 12.4. The standard InChI is InChI=1S/C12H20N4O2S/c1-13-11-6-3-7-14-12(11)19(17,18)15-10-5-4-8-16(2)9-10/h3,6-7,10,13,15H,4-5,8-9H2,1-2H3. The average molecular weight is 284 g/mol. The first kappa shape index (κ1) is 14.2. The highest BCUT2D eigenvalue weighted by atomic mass is 32.2. The molecule has 106 valence electrons. The molecule has 1 aliphatic rings. The molecule has 1 aromatic rings. The van der Waals surface area contributed by atoms with Crippen molar-refractivity contribution in [3.63, 3.8) is 0 Å². The minimum Gasteiger partial charge on any atom is -0.386 e. The van der Waals surface area contributed by atoms with Gasteiger partial charge in [0.25, 0.3) is 10.0 Å². The van der Waals surface area contributed by atoms with Crippen LogP contribution >= 0.6 is 0 Å². The Morgan fingerprint density at radius 1 is 1.47 bits per heavy atom. The van der Waals surface area contributed by atoms with Crippen LogP contribution in [0, 0.1) is 0 Å². The first-order chi connectivity index (χ1) is 9.03. The Morgan fingerprint density at radius 2 is 2.26 bits per heavy atom. The van der Waals surface area contributed by atoms with Crippen molar-refractivity contribution in [3.05, 3.63) is 18.3 Å². The molecule has 2 rings (SSSR count). The smallest absolute Gasteiger partial charge is 0.260 e. The van der Waals surface area contributed by atoms with Gasteiger partial charge in [0.2, 0.25) is 0 Å². The van der Waals surface area contributed by atoms with Crippen LogP contribution in [0.5, 0.6) is 0 Å². The van der Waals surface area contributed by atoms with Gasteiger partial charge in [-0.25, -0.2) is 18.1 Å². The van der Waals surface area contributed by atoms with Crippen molar-refractivity contribution < 1.29 is 8.42 Å². The second kappa shape index (κ2) is 5.85. The van der Waals surface area contributed by atoms with Crippen LogP contribution in [0.1, 0.15) is 12.8 Å². The molecule has 0 radical (unpaired) electrons. The van der Waals surface area contributed by atoms with Crippen LogP contribution in [0.4, 0.5) is 5.69 Å². The molecule has 1 fully saturated rings. The number of hydrogen-bond acceptors (Lipinski definition) is 5. The Kier molecular flexibility index (Phi) is 4.38. The third-order valence-electron chi connectivity index (χ3n) is 3.24. The summed E-state index contributed by atoms with van der Waals surface area (Å²) in [5, 5.41) is 2.92. The summed E-state index contributed by atoms with van der Waals surface area (Å²) in [7, 11) is 0.109. The Balaban J connectivity index is 2.18. The minimum absolute atomic E-state index is 0.0459. The number of hydrogen-bond donors (Lipinski definition) is 2. The Bertz CT molecular complexity index is 532. The molecule has 0 bridgehead atoms. The molecule has 0 amide bonds. The monoisotopic (exact) mass is 284 g/mol. The maximum atomic E-state index is 12.4. The van der Waals surface area contributed by atoms with E-state index in [1.807, 2.05) is 7.05 Å². The van der Waals surface area contributed by atoms with Crippen LogP contribution in [-0.2, 0) is 10.0 Å². The van der Waals surface area contributed by atoms with Crippen molar-refractivity contribution in [3.8, 4) is 0 Å². The number of rotatable bonds is 4. The van der Waals surface area contributed by atoms with Crippen LogP contribution in [0.3, 0.4) is 0 Å². The zero-order valence-electron chi connectivity index (χ0n) is 11.3. The minimum atomic E-state index is -3.58. The highest BCUT2D eigenvalue weighted by Gasteiger charge is 2.26. The van der Waals surface area contributed by atoms with Gasteiger partial charge in [-0.05, 0) is 38.6 Å². The van der Waals surface area contributed by atoms with Crippen molar-refractivity contribution in [2.45, 2.75) is 23.9 Å². The Hall–Kier alpha value is -1.18. The first-order valence-electron chi connectivity index (χ1n) is 6.36. The number of piperidine rings is 1. The lowest BCUT2D eigenvalue weighted by molar-refractivity contribution is 0.242. The van der Waals surface area contributed by atoms with Crippen LogP contribution in [-0.4, -0.2) is 51.5 Å². The summed E-state index contributed by atoms with van der Waals surface area (Å²) < 4.78 is 27.5. The third kappa shape index (κ3) is 3.43. The van der Waals surface area contributed by atoms with Crippen LogP contribution in [0.2, 0.25) is 0 Å². The molecular weight excluding hydrogens is 264 g/mol. The lowest BCUT2D eigenvalue weighted by Crippen LogP contribution is -2.46. The molecule has 1 aliphatic heterocycles. The number of nitrogens with zero attached hydrogens (tertiary/aromatic N) is 2. The van der Waals surface area contributed by atoms with E-state index >= 15 is 0 Å². The molecule has 0 aromatic carbocycles. The fourth-order valence-corrected chi connectivity index (χ4v) is 3.74. The topological polar surface area (TPSA) is 74.3 Å². The summed E-state index contributed by atoms with van der Waals surface area (Å²) in [6.45, 7) is 1.75. The average Bonchev–Trinajstić information content (AvgIpc) is 2.38. The van der Waals surface area contributed by atoms with Gasteiger partial charge < -0.3 is 10.2 Å².